The number of halogens is 1. The second-order valence-corrected chi connectivity index (χ2v) is 6.10. The van der Waals surface area contributed by atoms with Crippen LogP contribution in [0.25, 0.3) is 0 Å². The van der Waals surface area contributed by atoms with Crippen LogP contribution in [0.15, 0.2) is 46.9 Å². The number of hydrogen-bond acceptors (Lipinski definition) is 1. The molecule has 2 N–H and O–H groups in total. The van der Waals surface area contributed by atoms with Crippen molar-refractivity contribution in [3.8, 4) is 0 Å². The van der Waals surface area contributed by atoms with E-state index in [9.17, 15) is 0 Å². The normalized spacial score (nSPS) is 12.4. The third-order valence-corrected chi connectivity index (χ3v) is 4.24. The Morgan fingerprint density at radius 2 is 1.80 bits per heavy atom. The smallest absolute Gasteiger partial charge is 0.0338 e. The molecule has 0 aliphatic rings. The second kappa shape index (κ2) is 7.05. The molecule has 0 radical (unpaired) electrons. The summed E-state index contributed by atoms with van der Waals surface area (Å²) in [4.78, 5) is 0. The molecule has 0 saturated heterocycles. The Bertz CT molecular complexity index is 577. The van der Waals surface area contributed by atoms with Gasteiger partial charge in [-0.25, -0.2) is 0 Å². The third kappa shape index (κ3) is 3.71. The maximum Gasteiger partial charge on any atom is 0.0338 e. The summed E-state index contributed by atoms with van der Waals surface area (Å²) in [5.74, 6) is 0. The molecule has 0 aliphatic heterocycles. The molecule has 2 rings (SSSR count). The number of benzene rings is 2. The first-order valence-electron chi connectivity index (χ1n) is 7.25. The van der Waals surface area contributed by atoms with Crippen molar-refractivity contribution in [3.63, 3.8) is 0 Å². The van der Waals surface area contributed by atoms with E-state index >= 15 is 0 Å². The zero-order valence-electron chi connectivity index (χ0n) is 12.2. The summed E-state index contributed by atoms with van der Waals surface area (Å²) < 4.78 is 1.11. The van der Waals surface area contributed by atoms with Gasteiger partial charge in [0.1, 0.15) is 0 Å². The van der Waals surface area contributed by atoms with E-state index < -0.39 is 0 Å². The molecule has 0 aromatic heterocycles. The van der Waals surface area contributed by atoms with E-state index in [0.29, 0.717) is 0 Å². The molecule has 20 heavy (non-hydrogen) atoms. The predicted molar refractivity (Wildman–Crippen MR) is 90.0 cm³/mol. The van der Waals surface area contributed by atoms with E-state index in [1.807, 2.05) is 6.07 Å². The second-order valence-electron chi connectivity index (χ2n) is 5.18. The van der Waals surface area contributed by atoms with Crippen LogP contribution in [0.2, 0.25) is 0 Å². The molecule has 106 valence electrons. The van der Waals surface area contributed by atoms with Crippen LogP contribution < -0.4 is 5.73 Å². The minimum absolute atomic E-state index is 0.0609. The molecular weight excluding hydrogens is 310 g/mol. The first-order chi connectivity index (χ1) is 9.63. The lowest BCUT2D eigenvalue weighted by molar-refractivity contribution is 0.710. The Morgan fingerprint density at radius 1 is 1.00 bits per heavy atom. The van der Waals surface area contributed by atoms with Gasteiger partial charge in [-0.2, -0.15) is 0 Å². The van der Waals surface area contributed by atoms with Crippen LogP contribution in [0, 0.1) is 0 Å². The van der Waals surface area contributed by atoms with Gasteiger partial charge in [0, 0.05) is 10.5 Å². The summed E-state index contributed by atoms with van der Waals surface area (Å²) in [6.07, 6.45) is 2.96. The van der Waals surface area contributed by atoms with Crippen molar-refractivity contribution in [2.24, 2.45) is 5.73 Å². The van der Waals surface area contributed by atoms with Crippen LogP contribution >= 0.6 is 15.9 Å². The predicted octanol–water partition coefficient (Wildman–Crippen LogP) is 4.82. The molecule has 0 bridgehead atoms. The van der Waals surface area contributed by atoms with Crippen LogP contribution in [0.3, 0.4) is 0 Å². The number of nitrogens with two attached hydrogens (primary N) is 1. The molecule has 2 aromatic carbocycles. The fraction of sp³-hybridized carbons (Fsp3) is 0.333. The molecule has 2 aromatic rings. The molecule has 0 aliphatic carbocycles. The topological polar surface area (TPSA) is 26.0 Å². The molecule has 0 fully saturated rings. The van der Waals surface area contributed by atoms with Gasteiger partial charge in [0.05, 0.1) is 0 Å². The Kier molecular flexibility index (Phi) is 5.38. The highest BCUT2D eigenvalue weighted by atomic mass is 79.9. The summed E-state index contributed by atoms with van der Waals surface area (Å²) in [7, 11) is 0. The molecule has 0 heterocycles. The Balaban J connectivity index is 2.25. The maximum absolute atomic E-state index is 6.46. The average molecular weight is 332 g/mol. The molecule has 0 amide bonds. The van der Waals surface area contributed by atoms with E-state index in [4.69, 9.17) is 5.73 Å². The molecule has 0 spiro atoms. The molecular formula is C18H22BrN. The van der Waals surface area contributed by atoms with Crippen LogP contribution in [-0.2, 0) is 19.3 Å². The van der Waals surface area contributed by atoms with Crippen molar-refractivity contribution >= 4 is 15.9 Å². The first-order valence-corrected chi connectivity index (χ1v) is 8.05. The molecule has 2 heteroatoms. The van der Waals surface area contributed by atoms with Gasteiger partial charge in [-0.05, 0) is 53.6 Å². The summed E-state index contributed by atoms with van der Waals surface area (Å²) >= 11 is 3.52. The van der Waals surface area contributed by atoms with Crippen LogP contribution in [-0.4, -0.2) is 0 Å². The van der Waals surface area contributed by atoms with Crippen LogP contribution in [0.1, 0.15) is 42.1 Å². The highest BCUT2D eigenvalue weighted by Crippen LogP contribution is 2.23. The zero-order valence-corrected chi connectivity index (χ0v) is 13.8. The third-order valence-electron chi connectivity index (χ3n) is 3.74. The fourth-order valence-corrected chi connectivity index (χ4v) is 3.01. The van der Waals surface area contributed by atoms with Gasteiger partial charge >= 0.3 is 0 Å². The van der Waals surface area contributed by atoms with Gasteiger partial charge in [0.15, 0.2) is 0 Å². The Hall–Kier alpha value is -1.12. The van der Waals surface area contributed by atoms with Crippen molar-refractivity contribution in [3.05, 3.63) is 69.2 Å². The minimum Gasteiger partial charge on any atom is -0.324 e. The quantitative estimate of drug-likeness (QED) is 0.835. The van der Waals surface area contributed by atoms with E-state index in [1.54, 1.807) is 0 Å². The standard InChI is InChI=1S/C18H22BrN/c1-3-13-8-9-15(4-2)17(11-13)18(20)12-14-6-5-7-16(19)10-14/h5-11,18H,3-4,12,20H2,1-2H3. The molecule has 1 nitrogen and oxygen atoms in total. The lowest BCUT2D eigenvalue weighted by Crippen LogP contribution is -2.15. The van der Waals surface area contributed by atoms with Crippen molar-refractivity contribution in [2.75, 3.05) is 0 Å². The van der Waals surface area contributed by atoms with Crippen molar-refractivity contribution in [2.45, 2.75) is 39.2 Å². The highest BCUT2D eigenvalue weighted by molar-refractivity contribution is 9.10. The SMILES string of the molecule is CCc1ccc(CC)c(C(N)Cc2cccc(Br)c2)c1. The average Bonchev–Trinajstić information content (AvgIpc) is 2.46. The maximum atomic E-state index is 6.46. The van der Waals surface area contributed by atoms with E-state index in [1.165, 1.54) is 22.3 Å². The van der Waals surface area contributed by atoms with Gasteiger partial charge in [0.25, 0.3) is 0 Å². The molecule has 1 atom stereocenters. The van der Waals surface area contributed by atoms with Gasteiger partial charge in [0.2, 0.25) is 0 Å². The van der Waals surface area contributed by atoms with Crippen molar-refractivity contribution in [1.82, 2.24) is 0 Å². The number of rotatable bonds is 5. The summed E-state index contributed by atoms with van der Waals surface area (Å²) in [6.45, 7) is 4.38. The van der Waals surface area contributed by atoms with Gasteiger partial charge < -0.3 is 5.73 Å². The van der Waals surface area contributed by atoms with Crippen molar-refractivity contribution < 1.29 is 0 Å². The highest BCUT2D eigenvalue weighted by Gasteiger charge is 2.12. The molecule has 0 saturated carbocycles. The van der Waals surface area contributed by atoms with E-state index in [0.717, 1.165) is 23.7 Å². The Morgan fingerprint density at radius 3 is 2.45 bits per heavy atom. The minimum atomic E-state index is 0.0609. The van der Waals surface area contributed by atoms with Crippen molar-refractivity contribution in [1.29, 1.82) is 0 Å². The summed E-state index contributed by atoms with van der Waals surface area (Å²) in [6, 6.07) is 15.2. The molecule has 1 unspecified atom stereocenters. The van der Waals surface area contributed by atoms with Gasteiger partial charge in [-0.1, -0.05) is 60.1 Å². The zero-order chi connectivity index (χ0) is 14.5. The fourth-order valence-electron chi connectivity index (χ4n) is 2.56. The van der Waals surface area contributed by atoms with Gasteiger partial charge in [-0.3, -0.25) is 0 Å². The largest absolute Gasteiger partial charge is 0.324 e. The van der Waals surface area contributed by atoms with E-state index in [-0.39, 0.29) is 6.04 Å². The number of aryl methyl sites for hydroxylation is 2. The lowest BCUT2D eigenvalue weighted by atomic mass is 9.92. The number of hydrogen-bond donors (Lipinski definition) is 1. The van der Waals surface area contributed by atoms with Gasteiger partial charge in [-0.15, -0.1) is 0 Å². The van der Waals surface area contributed by atoms with Crippen LogP contribution in [0.4, 0.5) is 0 Å². The lowest BCUT2D eigenvalue weighted by Gasteiger charge is -2.17. The summed E-state index contributed by atoms with van der Waals surface area (Å²) in [5.41, 5.74) is 11.8. The van der Waals surface area contributed by atoms with Crippen LogP contribution in [0.5, 0.6) is 0 Å². The van der Waals surface area contributed by atoms with E-state index in [2.05, 4.69) is 66.2 Å². The summed E-state index contributed by atoms with van der Waals surface area (Å²) in [5, 5.41) is 0. The first kappa shape index (κ1) is 15.3. The Labute approximate surface area is 130 Å². The monoisotopic (exact) mass is 331 g/mol.